The zero-order chi connectivity index (χ0) is 16.7. The van der Waals surface area contributed by atoms with Crippen LogP contribution in [-0.2, 0) is 11.8 Å². The van der Waals surface area contributed by atoms with E-state index in [1.165, 1.54) is 49.7 Å². The van der Waals surface area contributed by atoms with Gasteiger partial charge in [-0.25, -0.2) is 0 Å². The number of hydrogen-bond acceptors (Lipinski definition) is 2. The van der Waals surface area contributed by atoms with Crippen molar-refractivity contribution in [3.05, 3.63) is 29.3 Å². The fourth-order valence-corrected chi connectivity index (χ4v) is 7.95. The quantitative estimate of drug-likeness (QED) is 0.733. The van der Waals surface area contributed by atoms with Gasteiger partial charge in [-0.2, -0.15) is 0 Å². The number of aryl methyl sites for hydroxylation is 1. The fraction of sp³-hybridized carbons (Fsp3) is 0.727. The second-order valence-electron chi connectivity index (χ2n) is 9.70. The van der Waals surface area contributed by atoms with Crippen molar-refractivity contribution in [2.45, 2.75) is 76.7 Å². The summed E-state index contributed by atoms with van der Waals surface area (Å²) in [4.78, 5) is 0. The number of hydrogen-bond donors (Lipinski definition) is 2. The molecule has 5 rings (SSSR count). The first-order chi connectivity index (χ1) is 11.4. The molecule has 1 aromatic carbocycles. The smallest absolute Gasteiger partial charge is 0.115 e. The molecule has 1 spiro atoms. The van der Waals surface area contributed by atoms with Gasteiger partial charge in [0.2, 0.25) is 0 Å². The molecular formula is C22H30O2. The largest absolute Gasteiger partial charge is 0.508 e. The molecule has 0 bridgehead atoms. The van der Waals surface area contributed by atoms with E-state index in [0.717, 1.165) is 12.8 Å². The minimum atomic E-state index is -0.0826. The number of aromatic hydroxyl groups is 1. The SMILES string of the molecule is C[C@]12CCC(O)[C@]13CC[C@]1(C)c4ccc(O)cc4CCC1C3CC2. The van der Waals surface area contributed by atoms with Gasteiger partial charge in [-0.05, 0) is 97.3 Å². The standard InChI is InChI=1S/C22H30O2/c1-20-9-7-18-17-5-3-14-13-15(23)4-6-16(14)21(17,2)11-12-22(18,20)19(24)8-10-20/h4,6,13,17-19,23-24H,3,5,7-12H2,1-2H3/t17?,18?,19?,20-,21+,22+/m0/s1. The Morgan fingerprint density at radius 2 is 1.75 bits per heavy atom. The predicted molar refractivity (Wildman–Crippen MR) is 95.0 cm³/mol. The van der Waals surface area contributed by atoms with Crippen LogP contribution in [0.2, 0.25) is 0 Å². The van der Waals surface area contributed by atoms with E-state index < -0.39 is 0 Å². The summed E-state index contributed by atoms with van der Waals surface area (Å²) < 4.78 is 0. The topological polar surface area (TPSA) is 40.5 Å². The minimum absolute atomic E-state index is 0.0826. The maximum Gasteiger partial charge on any atom is 0.115 e. The zero-order valence-electron chi connectivity index (χ0n) is 15.0. The molecule has 2 N–H and O–H groups in total. The molecule has 0 amide bonds. The minimum Gasteiger partial charge on any atom is -0.508 e. The molecule has 3 fully saturated rings. The van der Waals surface area contributed by atoms with Crippen molar-refractivity contribution >= 4 is 0 Å². The van der Waals surface area contributed by atoms with Crippen LogP contribution in [0.4, 0.5) is 0 Å². The lowest BCUT2D eigenvalue weighted by Gasteiger charge is -2.59. The molecule has 0 heterocycles. The van der Waals surface area contributed by atoms with Crippen molar-refractivity contribution in [3.63, 3.8) is 0 Å². The van der Waals surface area contributed by atoms with Crippen molar-refractivity contribution in [1.82, 2.24) is 0 Å². The second kappa shape index (κ2) is 4.58. The van der Waals surface area contributed by atoms with Crippen molar-refractivity contribution in [2.24, 2.45) is 22.7 Å². The Morgan fingerprint density at radius 3 is 2.58 bits per heavy atom. The van der Waals surface area contributed by atoms with Crippen LogP contribution in [0.1, 0.15) is 69.9 Å². The molecule has 2 nitrogen and oxygen atoms in total. The summed E-state index contributed by atoms with van der Waals surface area (Å²) >= 11 is 0. The highest BCUT2D eigenvalue weighted by molar-refractivity contribution is 5.43. The summed E-state index contributed by atoms with van der Waals surface area (Å²) in [6.07, 6.45) is 9.46. The van der Waals surface area contributed by atoms with Gasteiger partial charge in [0.15, 0.2) is 0 Å². The van der Waals surface area contributed by atoms with E-state index in [0.29, 0.717) is 23.0 Å². The normalized spacial score (nSPS) is 49.2. The van der Waals surface area contributed by atoms with Crippen LogP contribution in [0.3, 0.4) is 0 Å². The van der Waals surface area contributed by atoms with Crippen molar-refractivity contribution in [1.29, 1.82) is 0 Å². The van der Waals surface area contributed by atoms with E-state index >= 15 is 0 Å². The first-order valence-electron chi connectivity index (χ1n) is 9.91. The maximum absolute atomic E-state index is 11.0. The number of benzene rings is 1. The number of fused-ring (bicyclic) bond motifs is 4. The van der Waals surface area contributed by atoms with Gasteiger partial charge >= 0.3 is 0 Å². The van der Waals surface area contributed by atoms with E-state index in [1.807, 2.05) is 12.1 Å². The lowest BCUT2D eigenvalue weighted by molar-refractivity contribution is -0.103. The fourth-order valence-electron chi connectivity index (χ4n) is 7.95. The maximum atomic E-state index is 11.0. The number of aliphatic hydroxyl groups is 1. The average molecular weight is 326 g/mol. The van der Waals surface area contributed by atoms with Crippen LogP contribution in [-0.4, -0.2) is 16.3 Å². The van der Waals surface area contributed by atoms with Crippen molar-refractivity contribution < 1.29 is 10.2 Å². The van der Waals surface area contributed by atoms with Gasteiger partial charge in [-0.1, -0.05) is 19.9 Å². The molecule has 4 aliphatic rings. The summed E-state index contributed by atoms with van der Waals surface area (Å²) in [5.74, 6) is 1.78. The highest BCUT2D eigenvalue weighted by Gasteiger charge is 2.69. The Labute approximate surface area is 145 Å². The third-order valence-corrected chi connectivity index (χ3v) is 9.15. The van der Waals surface area contributed by atoms with Crippen LogP contribution in [0.25, 0.3) is 0 Å². The van der Waals surface area contributed by atoms with Gasteiger partial charge in [0.25, 0.3) is 0 Å². The van der Waals surface area contributed by atoms with E-state index in [1.54, 1.807) is 0 Å². The Bertz CT molecular complexity index is 697. The highest BCUT2D eigenvalue weighted by atomic mass is 16.3. The van der Waals surface area contributed by atoms with Crippen LogP contribution < -0.4 is 0 Å². The molecule has 3 unspecified atom stereocenters. The van der Waals surface area contributed by atoms with E-state index in [4.69, 9.17) is 0 Å². The first kappa shape index (κ1) is 15.3. The monoisotopic (exact) mass is 326 g/mol. The molecule has 1 aromatic rings. The molecule has 24 heavy (non-hydrogen) atoms. The predicted octanol–water partition coefficient (Wildman–Crippen LogP) is 4.56. The molecule has 6 atom stereocenters. The van der Waals surface area contributed by atoms with E-state index in [9.17, 15) is 10.2 Å². The van der Waals surface area contributed by atoms with Crippen molar-refractivity contribution in [3.8, 4) is 5.75 Å². The van der Waals surface area contributed by atoms with Gasteiger partial charge in [0.1, 0.15) is 5.75 Å². The lowest BCUT2D eigenvalue weighted by Crippen LogP contribution is -2.55. The van der Waals surface area contributed by atoms with E-state index in [2.05, 4.69) is 19.9 Å². The lowest BCUT2D eigenvalue weighted by atomic mass is 9.46. The summed E-state index contributed by atoms with van der Waals surface area (Å²) in [5, 5.41) is 20.9. The second-order valence-corrected chi connectivity index (χ2v) is 9.70. The summed E-state index contributed by atoms with van der Waals surface area (Å²) in [6, 6.07) is 6.05. The number of rotatable bonds is 0. The van der Waals surface area contributed by atoms with Crippen LogP contribution in [0, 0.1) is 22.7 Å². The van der Waals surface area contributed by atoms with Gasteiger partial charge in [0, 0.05) is 5.41 Å². The van der Waals surface area contributed by atoms with Gasteiger partial charge < -0.3 is 10.2 Å². The molecule has 2 heteroatoms. The molecule has 0 aliphatic heterocycles. The Kier molecular flexibility index (Phi) is 2.91. The first-order valence-corrected chi connectivity index (χ1v) is 9.91. The molecule has 0 radical (unpaired) electrons. The van der Waals surface area contributed by atoms with Gasteiger partial charge in [-0.15, -0.1) is 0 Å². The van der Waals surface area contributed by atoms with Crippen LogP contribution in [0.5, 0.6) is 5.75 Å². The van der Waals surface area contributed by atoms with Crippen LogP contribution >= 0.6 is 0 Å². The third-order valence-electron chi connectivity index (χ3n) is 9.15. The average Bonchev–Trinajstić information content (AvgIpc) is 2.98. The summed E-state index contributed by atoms with van der Waals surface area (Å²) in [5.41, 5.74) is 3.62. The molecular weight excluding hydrogens is 296 g/mol. The molecule has 4 aliphatic carbocycles. The van der Waals surface area contributed by atoms with Gasteiger partial charge in [-0.3, -0.25) is 0 Å². The highest BCUT2D eigenvalue weighted by Crippen LogP contribution is 2.74. The number of phenolic OH excluding ortho intramolecular Hbond substituents is 1. The molecule has 0 saturated heterocycles. The van der Waals surface area contributed by atoms with Crippen LogP contribution in [0.15, 0.2) is 18.2 Å². The summed E-state index contributed by atoms with van der Waals surface area (Å²) in [6.45, 7) is 4.94. The molecule has 0 aromatic heterocycles. The Balaban J connectivity index is 1.61. The molecule has 3 saturated carbocycles. The number of phenols is 1. The van der Waals surface area contributed by atoms with Crippen molar-refractivity contribution in [2.75, 3.05) is 0 Å². The zero-order valence-corrected chi connectivity index (χ0v) is 15.0. The number of aliphatic hydroxyl groups excluding tert-OH is 1. The van der Waals surface area contributed by atoms with Gasteiger partial charge in [0.05, 0.1) is 6.10 Å². The summed E-state index contributed by atoms with van der Waals surface area (Å²) in [7, 11) is 0. The third kappa shape index (κ3) is 1.57. The van der Waals surface area contributed by atoms with E-state index in [-0.39, 0.29) is 16.9 Å². The Hall–Kier alpha value is -1.02. The Morgan fingerprint density at radius 1 is 0.958 bits per heavy atom. The molecule has 130 valence electrons.